The van der Waals surface area contributed by atoms with Gasteiger partial charge in [0.1, 0.15) is 0 Å². The molecule has 2 heterocycles. The van der Waals surface area contributed by atoms with Gasteiger partial charge in [0.15, 0.2) is 17.2 Å². The van der Waals surface area contributed by atoms with Crippen molar-refractivity contribution in [2.75, 3.05) is 33.2 Å². The molecule has 0 atom stereocenters. The minimum Gasteiger partial charge on any atom is -0.447 e. The molecule has 3 rings (SSSR count). The second-order valence-electron chi connectivity index (χ2n) is 5.56. The minimum atomic E-state index is -0.446. The van der Waals surface area contributed by atoms with Crippen LogP contribution in [0.15, 0.2) is 22.6 Å². The summed E-state index contributed by atoms with van der Waals surface area (Å²) in [5.41, 5.74) is 3.65. The summed E-state index contributed by atoms with van der Waals surface area (Å²) >= 11 is 0. The number of hydrogen-bond donors (Lipinski definition) is 2. The lowest BCUT2D eigenvalue weighted by molar-refractivity contribution is -0.884. The maximum absolute atomic E-state index is 13.7. The number of nitrogens with one attached hydrogen (secondary N) is 2. The molecule has 0 aliphatic carbocycles. The summed E-state index contributed by atoms with van der Waals surface area (Å²) in [4.78, 5) is 13.8. The number of halogens is 1. The molecule has 1 aromatic carbocycles. The maximum Gasteiger partial charge on any atom is 0.301 e. The number of aryl methyl sites for hydroxylation is 1. The van der Waals surface area contributed by atoms with Crippen LogP contribution in [0.2, 0.25) is 0 Å². The molecule has 1 saturated heterocycles. The fraction of sp³-hybridized carbons (Fsp3) is 0.400. The van der Waals surface area contributed by atoms with Gasteiger partial charge in [-0.25, -0.2) is 9.40 Å². The van der Waals surface area contributed by atoms with Crippen LogP contribution in [0, 0.1) is 12.7 Å². The highest BCUT2D eigenvalue weighted by Gasteiger charge is 2.23. The van der Waals surface area contributed by atoms with Crippen LogP contribution in [0.25, 0.3) is 11.0 Å². The summed E-state index contributed by atoms with van der Waals surface area (Å²) in [7, 11) is 2.13. The third kappa shape index (κ3) is 2.64. The van der Waals surface area contributed by atoms with Gasteiger partial charge >= 0.3 is 5.91 Å². The van der Waals surface area contributed by atoms with Gasteiger partial charge in [-0.15, -0.1) is 0 Å². The molecule has 5 nitrogen and oxygen atoms in total. The monoisotopic (exact) mass is 292 g/mol. The van der Waals surface area contributed by atoms with Crippen LogP contribution in [0.4, 0.5) is 4.39 Å². The van der Waals surface area contributed by atoms with Gasteiger partial charge in [0.2, 0.25) is 0 Å². The van der Waals surface area contributed by atoms with Crippen LogP contribution in [0.1, 0.15) is 16.1 Å². The molecule has 1 amide bonds. The number of carbonyl (C=O) groups excluding carboxylic acids is 1. The van der Waals surface area contributed by atoms with Crippen LogP contribution < -0.4 is 10.3 Å². The topological polar surface area (TPSA) is 49.9 Å². The van der Waals surface area contributed by atoms with Crippen LogP contribution in [-0.4, -0.2) is 44.1 Å². The van der Waals surface area contributed by atoms with Crippen LogP contribution >= 0.6 is 0 Å². The van der Waals surface area contributed by atoms with Gasteiger partial charge in [0.25, 0.3) is 0 Å². The van der Waals surface area contributed by atoms with Gasteiger partial charge in [-0.1, -0.05) is 12.1 Å². The molecule has 2 N–H and O–H groups in total. The van der Waals surface area contributed by atoms with Gasteiger partial charge in [0.05, 0.1) is 33.2 Å². The minimum absolute atomic E-state index is 0.142. The fourth-order valence-corrected chi connectivity index (χ4v) is 2.62. The van der Waals surface area contributed by atoms with Crippen LogP contribution in [-0.2, 0) is 0 Å². The van der Waals surface area contributed by atoms with Crippen molar-refractivity contribution in [3.8, 4) is 0 Å². The van der Waals surface area contributed by atoms with Gasteiger partial charge in [-0.2, -0.15) is 0 Å². The van der Waals surface area contributed by atoms with Crippen molar-refractivity contribution in [2.24, 2.45) is 0 Å². The molecule has 2 aromatic rings. The number of para-hydroxylation sites is 1. The lowest BCUT2D eigenvalue weighted by Crippen LogP contribution is -3.12. The van der Waals surface area contributed by atoms with E-state index in [1.807, 2.05) is 5.01 Å². The third-order valence-corrected chi connectivity index (χ3v) is 4.00. The Bertz CT molecular complexity index is 675. The largest absolute Gasteiger partial charge is 0.447 e. The summed E-state index contributed by atoms with van der Waals surface area (Å²) in [6.07, 6.45) is 0. The molecule has 0 bridgehead atoms. The fourth-order valence-electron chi connectivity index (χ4n) is 2.62. The molecule has 0 spiro atoms. The molecule has 1 aliphatic heterocycles. The molecule has 112 valence electrons. The Morgan fingerprint density at radius 3 is 2.76 bits per heavy atom. The highest BCUT2D eigenvalue weighted by Crippen LogP contribution is 2.27. The Kier molecular flexibility index (Phi) is 3.65. The van der Waals surface area contributed by atoms with Crippen molar-refractivity contribution in [3.63, 3.8) is 0 Å². The van der Waals surface area contributed by atoms with E-state index < -0.39 is 5.82 Å². The molecule has 21 heavy (non-hydrogen) atoms. The summed E-state index contributed by atoms with van der Waals surface area (Å²) in [6.45, 7) is 5.33. The summed E-state index contributed by atoms with van der Waals surface area (Å²) in [5.74, 6) is -0.582. The van der Waals surface area contributed by atoms with E-state index in [1.165, 1.54) is 11.0 Å². The van der Waals surface area contributed by atoms with Gasteiger partial charge in [-0.05, 0) is 13.0 Å². The SMILES string of the molecule is Cc1c(C(=O)NN2CC[NH+](C)CC2)oc2c(F)cccc12. The van der Waals surface area contributed by atoms with Crippen molar-refractivity contribution >= 4 is 16.9 Å². The number of hydrazine groups is 1. The number of likely N-dealkylation sites (N-methyl/N-ethyl adjacent to an activating group) is 1. The Hall–Kier alpha value is -1.92. The molecule has 1 aliphatic rings. The number of nitrogens with zero attached hydrogens (tertiary/aromatic N) is 1. The van der Waals surface area contributed by atoms with E-state index in [9.17, 15) is 9.18 Å². The highest BCUT2D eigenvalue weighted by molar-refractivity contribution is 5.98. The van der Waals surface area contributed by atoms with Gasteiger partial charge in [0, 0.05) is 10.9 Å². The Morgan fingerprint density at radius 2 is 2.10 bits per heavy atom. The van der Waals surface area contributed by atoms with Crippen molar-refractivity contribution in [1.82, 2.24) is 10.4 Å². The first-order valence-corrected chi connectivity index (χ1v) is 7.11. The highest BCUT2D eigenvalue weighted by atomic mass is 19.1. The lowest BCUT2D eigenvalue weighted by atomic mass is 10.1. The Labute approximate surface area is 122 Å². The van der Waals surface area contributed by atoms with Crippen molar-refractivity contribution < 1.29 is 18.5 Å². The predicted octanol–water partition coefficient (Wildman–Crippen LogP) is 0.355. The standard InChI is InChI=1S/C15H18FN3O2/c1-10-11-4-3-5-12(16)14(11)21-13(10)15(20)17-19-8-6-18(2)7-9-19/h3-5H,6-9H2,1-2H3,(H,17,20)/p+1. The third-order valence-electron chi connectivity index (χ3n) is 4.00. The zero-order chi connectivity index (χ0) is 15.0. The first-order chi connectivity index (χ1) is 10.1. The molecule has 0 radical (unpaired) electrons. The number of carbonyl (C=O) groups is 1. The number of piperazine rings is 1. The zero-order valence-corrected chi connectivity index (χ0v) is 12.2. The van der Waals surface area contributed by atoms with E-state index in [0.717, 1.165) is 26.2 Å². The molecule has 0 saturated carbocycles. The average molecular weight is 292 g/mol. The average Bonchev–Trinajstić information content (AvgIpc) is 2.81. The van der Waals surface area contributed by atoms with E-state index in [1.54, 1.807) is 19.1 Å². The van der Waals surface area contributed by atoms with E-state index in [2.05, 4.69) is 12.5 Å². The van der Waals surface area contributed by atoms with Crippen LogP contribution in [0.3, 0.4) is 0 Å². The first-order valence-electron chi connectivity index (χ1n) is 7.11. The normalized spacial score (nSPS) is 17.3. The predicted molar refractivity (Wildman–Crippen MR) is 76.6 cm³/mol. The zero-order valence-electron chi connectivity index (χ0n) is 12.2. The number of quaternary nitrogens is 1. The number of hydrogen-bond acceptors (Lipinski definition) is 3. The van der Waals surface area contributed by atoms with Crippen molar-refractivity contribution in [1.29, 1.82) is 0 Å². The number of fused-ring (bicyclic) bond motifs is 1. The second-order valence-corrected chi connectivity index (χ2v) is 5.56. The Morgan fingerprint density at radius 1 is 1.38 bits per heavy atom. The molecular formula is C15H19FN3O2+. The molecule has 1 fully saturated rings. The number of furan rings is 1. The van der Waals surface area contributed by atoms with E-state index in [-0.39, 0.29) is 17.3 Å². The summed E-state index contributed by atoms with van der Waals surface area (Å²) in [6, 6.07) is 4.70. The lowest BCUT2D eigenvalue weighted by Gasteiger charge is -2.29. The Balaban J connectivity index is 1.82. The van der Waals surface area contributed by atoms with Crippen molar-refractivity contribution in [3.05, 3.63) is 35.3 Å². The van der Waals surface area contributed by atoms with Crippen molar-refractivity contribution in [2.45, 2.75) is 6.92 Å². The summed E-state index contributed by atoms with van der Waals surface area (Å²) in [5, 5.41) is 2.53. The number of rotatable bonds is 2. The summed E-state index contributed by atoms with van der Waals surface area (Å²) < 4.78 is 19.1. The number of amides is 1. The van der Waals surface area contributed by atoms with E-state index in [4.69, 9.17) is 4.42 Å². The van der Waals surface area contributed by atoms with Gasteiger partial charge < -0.3 is 9.32 Å². The molecule has 0 unspecified atom stereocenters. The molecular weight excluding hydrogens is 273 g/mol. The number of benzene rings is 1. The maximum atomic E-state index is 13.7. The van der Waals surface area contributed by atoms with E-state index >= 15 is 0 Å². The van der Waals surface area contributed by atoms with Crippen LogP contribution in [0.5, 0.6) is 0 Å². The smallest absolute Gasteiger partial charge is 0.301 e. The molecule has 6 heteroatoms. The quantitative estimate of drug-likeness (QED) is 0.840. The molecule has 1 aromatic heterocycles. The second kappa shape index (κ2) is 5.46. The van der Waals surface area contributed by atoms with Gasteiger partial charge in [-0.3, -0.25) is 10.2 Å². The first kappa shape index (κ1) is 14.0. The van der Waals surface area contributed by atoms with E-state index in [0.29, 0.717) is 10.9 Å².